The van der Waals surface area contributed by atoms with Crippen LogP contribution in [-0.4, -0.2) is 0 Å². The molecule has 0 radical (unpaired) electrons. The van der Waals surface area contributed by atoms with Crippen molar-refractivity contribution < 1.29 is 9.47 Å². The fraction of sp³-hybridized carbons (Fsp3) is 0. The quantitative estimate of drug-likeness (QED) is 0.210. The van der Waals surface area contributed by atoms with Crippen LogP contribution in [0.4, 0.5) is 0 Å². The predicted molar refractivity (Wildman–Crippen MR) is 133 cm³/mol. The first-order valence-corrected chi connectivity index (χ1v) is 12.8. The van der Waals surface area contributed by atoms with Gasteiger partial charge < -0.3 is 9.47 Å². The van der Waals surface area contributed by atoms with Gasteiger partial charge in [-0.05, 0) is 80.4 Å². The van der Waals surface area contributed by atoms with E-state index in [4.69, 9.17) is 9.47 Å². The Labute approximate surface area is 200 Å². The Morgan fingerprint density at radius 3 is 1.27 bits per heavy atom. The van der Waals surface area contributed by atoms with Gasteiger partial charge in [0.2, 0.25) is 0 Å². The van der Waals surface area contributed by atoms with Gasteiger partial charge in [-0.15, -0.1) is 0 Å². The maximum atomic E-state index is 6.01. The number of benzene rings is 4. The summed E-state index contributed by atoms with van der Waals surface area (Å²) in [4.78, 5) is 2.16. The molecule has 0 unspecified atom stereocenters. The van der Waals surface area contributed by atoms with E-state index in [1.165, 1.54) is 0 Å². The first-order valence-electron chi connectivity index (χ1n) is 9.08. The summed E-state index contributed by atoms with van der Waals surface area (Å²) in [6.07, 6.45) is 0. The normalized spacial score (nSPS) is 10.6. The van der Waals surface area contributed by atoms with Gasteiger partial charge in [-0.1, -0.05) is 70.1 Å². The summed E-state index contributed by atoms with van der Waals surface area (Å²) in [7, 11) is 3.32. The molecular weight excluding hydrogens is 544 g/mol. The number of halogens is 2. The Kier molecular flexibility index (Phi) is 7.44. The van der Waals surface area contributed by atoms with Crippen molar-refractivity contribution in [1.82, 2.24) is 0 Å². The van der Waals surface area contributed by atoms with Crippen LogP contribution < -0.4 is 9.47 Å². The van der Waals surface area contributed by atoms with Gasteiger partial charge in [0.05, 0.1) is 8.95 Å². The van der Waals surface area contributed by atoms with Gasteiger partial charge in [0.15, 0.2) is 0 Å². The third-order valence-corrected chi connectivity index (χ3v) is 8.63. The molecule has 0 heterocycles. The van der Waals surface area contributed by atoms with Crippen LogP contribution in [-0.2, 0) is 0 Å². The molecule has 4 aromatic carbocycles. The highest BCUT2D eigenvalue weighted by molar-refractivity contribution is 9.11. The van der Waals surface area contributed by atoms with Gasteiger partial charge in [-0.25, -0.2) is 0 Å². The van der Waals surface area contributed by atoms with Crippen LogP contribution in [0.3, 0.4) is 0 Å². The van der Waals surface area contributed by atoms with Gasteiger partial charge in [-0.2, -0.15) is 0 Å². The summed E-state index contributed by atoms with van der Waals surface area (Å²) in [6.45, 7) is 0. The van der Waals surface area contributed by atoms with Gasteiger partial charge >= 0.3 is 0 Å². The van der Waals surface area contributed by atoms with Crippen molar-refractivity contribution in [2.24, 2.45) is 0 Å². The lowest BCUT2D eigenvalue weighted by Gasteiger charge is -2.12. The fourth-order valence-corrected chi connectivity index (χ4v) is 6.57. The highest BCUT2D eigenvalue weighted by Crippen LogP contribution is 2.48. The minimum absolute atomic E-state index is 0.784. The van der Waals surface area contributed by atoms with Crippen molar-refractivity contribution in [1.29, 1.82) is 0 Å². The Morgan fingerprint density at radius 2 is 0.867 bits per heavy atom. The molecule has 150 valence electrons. The maximum Gasteiger partial charge on any atom is 0.142 e. The second-order valence-corrected chi connectivity index (χ2v) is 9.93. The zero-order valence-corrected chi connectivity index (χ0v) is 20.4. The molecule has 0 aromatic heterocycles. The van der Waals surface area contributed by atoms with E-state index in [9.17, 15) is 0 Å². The average molecular weight is 560 g/mol. The van der Waals surface area contributed by atoms with Crippen molar-refractivity contribution in [2.45, 2.75) is 9.79 Å². The van der Waals surface area contributed by atoms with E-state index in [2.05, 4.69) is 44.0 Å². The van der Waals surface area contributed by atoms with Crippen LogP contribution in [0.25, 0.3) is 0 Å². The lowest BCUT2D eigenvalue weighted by molar-refractivity contribution is 0.477. The molecule has 0 saturated carbocycles. The second kappa shape index (κ2) is 10.4. The number of rotatable bonds is 7. The summed E-state index contributed by atoms with van der Waals surface area (Å²) in [5.74, 6) is 3.18. The highest BCUT2D eigenvalue weighted by Gasteiger charge is 2.12. The first-order chi connectivity index (χ1) is 14.7. The molecule has 0 amide bonds. The first kappa shape index (κ1) is 21.4. The Morgan fingerprint density at radius 1 is 0.467 bits per heavy atom. The molecule has 0 bridgehead atoms. The van der Waals surface area contributed by atoms with Crippen LogP contribution >= 0.6 is 53.4 Å². The summed E-state index contributed by atoms with van der Waals surface area (Å²) in [5.41, 5.74) is 0. The van der Waals surface area contributed by atoms with Crippen LogP contribution in [0.2, 0.25) is 0 Å². The average Bonchev–Trinajstić information content (AvgIpc) is 2.78. The van der Waals surface area contributed by atoms with Crippen LogP contribution in [0.15, 0.2) is 116 Å². The van der Waals surface area contributed by atoms with Crippen molar-refractivity contribution in [2.75, 3.05) is 0 Å². The molecule has 4 aromatic rings. The van der Waals surface area contributed by atoms with E-state index in [0.29, 0.717) is 0 Å². The van der Waals surface area contributed by atoms with Crippen molar-refractivity contribution in [3.63, 3.8) is 0 Å². The number of hydrogen-bond acceptors (Lipinski definition) is 4. The van der Waals surface area contributed by atoms with Crippen molar-refractivity contribution in [3.05, 3.63) is 106 Å². The molecule has 0 atom stereocenters. The zero-order chi connectivity index (χ0) is 20.8. The molecule has 0 N–H and O–H groups in total. The van der Waals surface area contributed by atoms with Gasteiger partial charge in [-0.3, -0.25) is 0 Å². The molecule has 0 spiro atoms. The van der Waals surface area contributed by atoms with Crippen molar-refractivity contribution in [3.8, 4) is 23.0 Å². The summed E-state index contributed by atoms with van der Waals surface area (Å²) >= 11 is 7.39. The fourth-order valence-electron chi connectivity index (χ4n) is 2.59. The van der Waals surface area contributed by atoms with Crippen LogP contribution in [0.5, 0.6) is 23.0 Å². The lowest BCUT2D eigenvalue weighted by atomic mass is 10.3. The standard InChI is InChI=1S/C24H16Br2O2S2/c25-23-19(27-17-9-3-1-4-10-17)13-7-15-21(23)29-30-22-16-8-14-20(24(22)26)28-18-11-5-2-6-12-18/h1-16H. The predicted octanol–water partition coefficient (Wildman–Crippen LogP) is 9.60. The second-order valence-electron chi connectivity index (χ2n) is 6.13. The number of hydrogen-bond donors (Lipinski definition) is 0. The van der Waals surface area contributed by atoms with Gasteiger partial charge in [0, 0.05) is 9.79 Å². The number of para-hydroxylation sites is 2. The largest absolute Gasteiger partial charge is 0.456 e. The Balaban J connectivity index is 1.48. The Bertz CT molecular complexity index is 1030. The molecule has 0 saturated heterocycles. The summed E-state index contributed by atoms with van der Waals surface area (Å²) in [6, 6.07) is 31.6. The SMILES string of the molecule is Brc1c(Oc2ccccc2)cccc1SSc1cccc(Oc2ccccc2)c1Br. The molecule has 0 aliphatic heterocycles. The monoisotopic (exact) mass is 558 g/mol. The van der Waals surface area contributed by atoms with Gasteiger partial charge in [0.25, 0.3) is 0 Å². The molecule has 0 aliphatic carbocycles. The molecule has 6 heteroatoms. The molecule has 0 aliphatic rings. The third-order valence-electron chi connectivity index (χ3n) is 4.02. The van der Waals surface area contributed by atoms with E-state index in [1.54, 1.807) is 21.6 Å². The number of ether oxygens (including phenoxy) is 2. The van der Waals surface area contributed by atoms with Crippen molar-refractivity contribution >= 4 is 53.4 Å². The third kappa shape index (κ3) is 5.43. The van der Waals surface area contributed by atoms with Gasteiger partial charge in [0.1, 0.15) is 23.0 Å². The molecule has 2 nitrogen and oxygen atoms in total. The minimum atomic E-state index is 0.784. The van der Waals surface area contributed by atoms with E-state index < -0.39 is 0 Å². The van der Waals surface area contributed by atoms with E-state index in [1.807, 2.05) is 84.9 Å². The van der Waals surface area contributed by atoms with E-state index in [0.717, 1.165) is 41.7 Å². The topological polar surface area (TPSA) is 18.5 Å². The molecule has 4 rings (SSSR count). The molecule has 0 fully saturated rings. The smallest absolute Gasteiger partial charge is 0.142 e. The van der Waals surface area contributed by atoms with Crippen LogP contribution in [0.1, 0.15) is 0 Å². The highest BCUT2D eigenvalue weighted by atomic mass is 79.9. The minimum Gasteiger partial charge on any atom is -0.456 e. The van der Waals surface area contributed by atoms with Crippen LogP contribution in [0, 0.1) is 0 Å². The summed E-state index contributed by atoms with van der Waals surface area (Å²) < 4.78 is 13.9. The zero-order valence-electron chi connectivity index (χ0n) is 15.6. The summed E-state index contributed by atoms with van der Waals surface area (Å²) in [5, 5.41) is 0. The molecule has 30 heavy (non-hydrogen) atoms. The van der Waals surface area contributed by atoms with E-state index in [-0.39, 0.29) is 0 Å². The Hall–Kier alpha value is -1.86. The lowest BCUT2D eigenvalue weighted by Crippen LogP contribution is -1.87. The van der Waals surface area contributed by atoms with E-state index >= 15 is 0 Å². The maximum absolute atomic E-state index is 6.01. The molecular formula is C24H16Br2O2S2.